The standard InChI is InChI=1S/C75H116O16P2/c1-4-7-10-13-16-19-22-25-28-31-33-34-36-39-40-43-46-49-52-55-58-61-73(78)85-64-70(76)65-87-92(81,82)88-66-71(77)67-89-93(83,84)90-69-72(91-75(80)63-60-57-54-51-48-45-42-37-30-27-24-21-18-15-12-9-6-3)68-86-74(79)62-59-56-53-50-47-44-41-38-35-32-29-26-23-20-17-14-11-8-5-2/h7-12,16-21,25-30,33-35,38-40,42,44-45,47,51,53-54,56,70-72,76-77H,4-6,13-15,22-24,31-32,36-37,41,43,46,48-50,52,55,57-69H2,1-3H3,(H,81,82)(H,83,84)/b10-7-,11-8-,12-9-,19-16-,20-17-,21-18-,28-25-,29-26-,30-27-,34-33-,38-35-,40-39-,45-42-,47-44-,54-51-,56-53-. The molecule has 0 saturated carbocycles. The fourth-order valence-corrected chi connectivity index (χ4v) is 9.36. The van der Waals surface area contributed by atoms with E-state index in [1.165, 1.54) is 0 Å². The van der Waals surface area contributed by atoms with Crippen molar-refractivity contribution in [2.24, 2.45) is 0 Å². The zero-order valence-corrected chi connectivity index (χ0v) is 58.1. The molecule has 0 fully saturated rings. The van der Waals surface area contributed by atoms with Crippen molar-refractivity contribution >= 4 is 33.6 Å². The van der Waals surface area contributed by atoms with Gasteiger partial charge in [0.2, 0.25) is 0 Å². The molecule has 93 heavy (non-hydrogen) atoms. The van der Waals surface area contributed by atoms with E-state index in [0.29, 0.717) is 32.1 Å². The molecule has 16 nitrogen and oxygen atoms in total. The maximum Gasteiger partial charge on any atom is 0.472 e. The summed E-state index contributed by atoms with van der Waals surface area (Å²) in [6, 6.07) is 0. The number of hydrogen-bond donors (Lipinski definition) is 4. The molecule has 0 rings (SSSR count). The predicted octanol–water partition coefficient (Wildman–Crippen LogP) is 18.9. The minimum Gasteiger partial charge on any atom is -0.463 e. The summed E-state index contributed by atoms with van der Waals surface area (Å²) < 4.78 is 60.7. The number of carbonyl (C=O) groups excluding carboxylic acids is 3. The number of ether oxygens (including phenoxy) is 3. The molecule has 0 spiro atoms. The van der Waals surface area contributed by atoms with Gasteiger partial charge in [0.1, 0.15) is 25.4 Å². The van der Waals surface area contributed by atoms with Crippen LogP contribution in [0.1, 0.15) is 201 Å². The van der Waals surface area contributed by atoms with Crippen molar-refractivity contribution in [1.29, 1.82) is 0 Å². The summed E-state index contributed by atoms with van der Waals surface area (Å²) in [5.41, 5.74) is 0. The van der Waals surface area contributed by atoms with E-state index in [-0.39, 0.29) is 19.3 Å². The second-order valence-electron chi connectivity index (χ2n) is 21.5. The third kappa shape index (κ3) is 67.6. The van der Waals surface area contributed by atoms with Crippen molar-refractivity contribution in [2.45, 2.75) is 219 Å². The van der Waals surface area contributed by atoms with Crippen molar-refractivity contribution in [3.63, 3.8) is 0 Å². The third-order valence-electron chi connectivity index (χ3n) is 12.8. The van der Waals surface area contributed by atoms with Crippen LogP contribution in [0.25, 0.3) is 0 Å². The Morgan fingerprint density at radius 2 is 0.570 bits per heavy atom. The third-order valence-corrected chi connectivity index (χ3v) is 14.7. The summed E-state index contributed by atoms with van der Waals surface area (Å²) in [5, 5.41) is 20.5. The number of esters is 3. The molecule has 0 aliphatic heterocycles. The lowest BCUT2D eigenvalue weighted by molar-refractivity contribution is -0.161. The van der Waals surface area contributed by atoms with Gasteiger partial charge >= 0.3 is 33.6 Å². The van der Waals surface area contributed by atoms with Crippen LogP contribution in [0.4, 0.5) is 0 Å². The molecule has 5 atom stereocenters. The summed E-state index contributed by atoms with van der Waals surface area (Å²) in [6.07, 6.45) is 85.1. The first kappa shape index (κ1) is 87.4. The highest BCUT2D eigenvalue weighted by Crippen LogP contribution is 2.45. The lowest BCUT2D eigenvalue weighted by atomic mass is 10.1. The van der Waals surface area contributed by atoms with Crippen LogP contribution >= 0.6 is 15.6 Å². The number of unbranched alkanes of at least 4 members (excludes halogenated alkanes) is 6. The monoisotopic (exact) mass is 1330 g/mol. The van der Waals surface area contributed by atoms with E-state index in [9.17, 15) is 43.5 Å². The van der Waals surface area contributed by atoms with Crippen molar-refractivity contribution in [3.8, 4) is 0 Å². The molecular formula is C75H116O16P2. The molecule has 18 heteroatoms. The van der Waals surface area contributed by atoms with Crippen molar-refractivity contribution in [1.82, 2.24) is 0 Å². The van der Waals surface area contributed by atoms with E-state index in [0.717, 1.165) is 128 Å². The summed E-state index contributed by atoms with van der Waals surface area (Å²) in [6.45, 7) is 2.09. The lowest BCUT2D eigenvalue weighted by Crippen LogP contribution is -2.30. The molecule has 522 valence electrons. The topological polar surface area (TPSA) is 231 Å². The highest BCUT2D eigenvalue weighted by atomic mass is 31.2. The minimum atomic E-state index is -4.97. The number of allylic oxidation sites excluding steroid dienone is 32. The number of hydrogen-bond acceptors (Lipinski definition) is 14. The number of carbonyl (C=O) groups is 3. The van der Waals surface area contributed by atoms with Gasteiger partial charge in [0.05, 0.1) is 26.4 Å². The van der Waals surface area contributed by atoms with Gasteiger partial charge in [-0.1, -0.05) is 234 Å². The van der Waals surface area contributed by atoms with Crippen LogP contribution in [0.5, 0.6) is 0 Å². The van der Waals surface area contributed by atoms with Crippen LogP contribution in [0.2, 0.25) is 0 Å². The van der Waals surface area contributed by atoms with Crippen molar-refractivity contribution in [3.05, 3.63) is 194 Å². The van der Waals surface area contributed by atoms with Gasteiger partial charge in [0.15, 0.2) is 6.10 Å². The van der Waals surface area contributed by atoms with Gasteiger partial charge in [0, 0.05) is 19.3 Å². The quantitative estimate of drug-likeness (QED) is 0.0146. The Bertz CT molecular complexity index is 2470. The van der Waals surface area contributed by atoms with E-state index in [1.54, 1.807) is 0 Å². The Balaban J connectivity index is 4.85. The highest BCUT2D eigenvalue weighted by Gasteiger charge is 2.29. The second-order valence-corrected chi connectivity index (χ2v) is 24.4. The van der Waals surface area contributed by atoms with Crippen LogP contribution in [-0.4, -0.2) is 95.9 Å². The van der Waals surface area contributed by atoms with Gasteiger partial charge in [0.25, 0.3) is 0 Å². The van der Waals surface area contributed by atoms with E-state index in [1.807, 2.05) is 30.4 Å². The molecular weight excluding hydrogens is 1220 g/mol. The lowest BCUT2D eigenvalue weighted by Gasteiger charge is -2.21. The molecule has 0 amide bonds. The van der Waals surface area contributed by atoms with Crippen LogP contribution in [-0.2, 0) is 55.8 Å². The molecule has 0 aliphatic rings. The molecule has 0 bridgehead atoms. The van der Waals surface area contributed by atoms with Crippen molar-refractivity contribution in [2.75, 3.05) is 39.6 Å². The molecule has 0 heterocycles. The molecule has 0 aromatic carbocycles. The number of aliphatic hydroxyl groups excluding tert-OH is 2. The first-order valence-corrected chi connectivity index (χ1v) is 36.7. The molecule has 0 aromatic heterocycles. The maximum absolute atomic E-state index is 12.9. The molecule has 0 saturated heterocycles. The minimum absolute atomic E-state index is 0.000748. The fourth-order valence-electron chi connectivity index (χ4n) is 7.77. The molecule has 0 aromatic rings. The van der Waals surface area contributed by atoms with Crippen LogP contribution in [0, 0.1) is 0 Å². The zero-order chi connectivity index (χ0) is 68.1. The Hall–Kier alpha value is -5.61. The first-order chi connectivity index (χ1) is 45.2. The predicted molar refractivity (Wildman–Crippen MR) is 380 cm³/mol. The van der Waals surface area contributed by atoms with Crippen molar-refractivity contribution < 1.29 is 75.8 Å². The molecule has 5 unspecified atom stereocenters. The second kappa shape index (κ2) is 66.4. The van der Waals surface area contributed by atoms with Gasteiger partial charge in [-0.25, -0.2) is 9.13 Å². The van der Waals surface area contributed by atoms with Gasteiger partial charge in [-0.3, -0.25) is 32.5 Å². The summed E-state index contributed by atoms with van der Waals surface area (Å²) >= 11 is 0. The maximum atomic E-state index is 12.9. The summed E-state index contributed by atoms with van der Waals surface area (Å²) in [4.78, 5) is 58.3. The average Bonchev–Trinajstić information content (AvgIpc) is 3.70. The van der Waals surface area contributed by atoms with E-state index >= 15 is 0 Å². The van der Waals surface area contributed by atoms with Gasteiger partial charge in [-0.05, 0) is 141 Å². The Morgan fingerprint density at radius 3 is 0.946 bits per heavy atom. The Morgan fingerprint density at radius 1 is 0.301 bits per heavy atom. The molecule has 4 N–H and O–H groups in total. The fraction of sp³-hybridized carbons (Fsp3) is 0.533. The SMILES string of the molecule is CC/C=C\C/C=C\C/C=C\C/C=C\C/C=C\C/C=C\CCC(=O)OCC(COP(=O)(O)OCC(O)COP(=O)(O)OCC(O)COC(=O)CCCCCCC/C=C\C/C=C\C/C=C\C/C=C\C/C=C\CC)OC(=O)CCC/C=C\C/C=C\C/C=C\C/C=C\C/C=C\CC. The van der Waals surface area contributed by atoms with Gasteiger partial charge in [-0.15, -0.1) is 0 Å². The number of phosphoric acid groups is 2. The normalized spacial score (nSPS) is 15.4. The Labute approximate surface area is 559 Å². The molecule has 0 aliphatic carbocycles. The van der Waals surface area contributed by atoms with Crippen LogP contribution < -0.4 is 0 Å². The zero-order valence-electron chi connectivity index (χ0n) is 56.3. The number of phosphoric ester groups is 2. The largest absolute Gasteiger partial charge is 0.472 e. The highest BCUT2D eigenvalue weighted by molar-refractivity contribution is 7.47. The van der Waals surface area contributed by atoms with Crippen LogP contribution in [0.3, 0.4) is 0 Å². The molecule has 0 radical (unpaired) electrons. The van der Waals surface area contributed by atoms with E-state index in [2.05, 4.69) is 185 Å². The first-order valence-electron chi connectivity index (χ1n) is 33.7. The summed E-state index contributed by atoms with van der Waals surface area (Å²) in [7, 11) is -9.84. The smallest absolute Gasteiger partial charge is 0.463 e. The Kier molecular flexibility index (Phi) is 62.4. The average molecular weight is 1340 g/mol. The number of aliphatic hydroxyl groups is 2. The van der Waals surface area contributed by atoms with Gasteiger partial charge < -0.3 is 34.2 Å². The van der Waals surface area contributed by atoms with E-state index in [4.69, 9.17) is 32.3 Å². The van der Waals surface area contributed by atoms with Crippen LogP contribution in [0.15, 0.2) is 194 Å². The number of rotatable bonds is 61. The van der Waals surface area contributed by atoms with E-state index < -0.39 is 91.5 Å². The van der Waals surface area contributed by atoms with Gasteiger partial charge in [-0.2, -0.15) is 0 Å². The summed E-state index contributed by atoms with van der Waals surface area (Å²) in [5.74, 6) is -1.78.